The molecule has 0 heterocycles. The van der Waals surface area contributed by atoms with Gasteiger partial charge in [-0.25, -0.2) is 12.7 Å². The van der Waals surface area contributed by atoms with Crippen molar-refractivity contribution >= 4 is 21.6 Å². The van der Waals surface area contributed by atoms with Crippen molar-refractivity contribution in [3.63, 3.8) is 0 Å². The molecule has 0 saturated carbocycles. The van der Waals surface area contributed by atoms with Crippen LogP contribution in [0, 0.1) is 0 Å². The van der Waals surface area contributed by atoms with E-state index in [9.17, 15) is 8.42 Å². The van der Waals surface area contributed by atoms with Gasteiger partial charge in [0.05, 0.1) is 12.0 Å². The quantitative estimate of drug-likeness (QED) is 0.512. The third kappa shape index (κ3) is 4.85. The van der Waals surface area contributed by atoms with Crippen molar-refractivity contribution in [2.75, 3.05) is 40.3 Å². The van der Waals surface area contributed by atoms with E-state index in [1.165, 1.54) is 4.31 Å². The first-order valence-corrected chi connectivity index (χ1v) is 8.63. The van der Waals surface area contributed by atoms with Gasteiger partial charge in [0.2, 0.25) is 10.0 Å². The fourth-order valence-electron chi connectivity index (χ4n) is 1.95. The minimum atomic E-state index is -3.53. The van der Waals surface area contributed by atoms with E-state index < -0.39 is 10.0 Å². The second-order valence-electron chi connectivity index (χ2n) is 4.59. The molecule has 0 radical (unpaired) electrons. The summed E-state index contributed by atoms with van der Waals surface area (Å²) >= 11 is 5.77. The zero-order chi connectivity index (χ0) is 15.9. The van der Waals surface area contributed by atoms with Crippen molar-refractivity contribution in [3.8, 4) is 5.75 Å². The molecule has 0 unspecified atom stereocenters. The van der Waals surface area contributed by atoms with E-state index in [4.69, 9.17) is 21.1 Å². The third-order valence-electron chi connectivity index (χ3n) is 3.14. The minimum absolute atomic E-state index is 0.281. The summed E-state index contributed by atoms with van der Waals surface area (Å²) < 4.78 is 36.7. The van der Waals surface area contributed by atoms with E-state index in [2.05, 4.69) is 0 Å². The Morgan fingerprint density at radius 3 is 2.57 bits per heavy atom. The number of ether oxygens (including phenoxy) is 2. The van der Waals surface area contributed by atoms with Gasteiger partial charge in [-0.2, -0.15) is 0 Å². The van der Waals surface area contributed by atoms with E-state index in [0.29, 0.717) is 43.2 Å². The van der Waals surface area contributed by atoms with Gasteiger partial charge in [0.25, 0.3) is 0 Å². The summed E-state index contributed by atoms with van der Waals surface area (Å²) in [4.78, 5) is 0.281. The molecule has 0 aliphatic carbocycles. The molecule has 0 saturated heterocycles. The monoisotopic (exact) mass is 335 g/mol. The molecule has 1 aromatic rings. The Bertz CT molecular complexity index is 548. The highest BCUT2D eigenvalue weighted by Crippen LogP contribution is 2.25. The van der Waals surface area contributed by atoms with Gasteiger partial charge in [-0.15, -0.1) is 11.6 Å². The van der Waals surface area contributed by atoms with Gasteiger partial charge < -0.3 is 9.47 Å². The molecule has 120 valence electrons. The SMILES string of the molecule is COCCCN(C)S(=O)(=O)c1ccc(OC)cc1CCCl. The lowest BCUT2D eigenvalue weighted by atomic mass is 10.1. The Hall–Kier alpha value is -0.820. The van der Waals surface area contributed by atoms with Gasteiger partial charge in [-0.05, 0) is 36.6 Å². The summed E-state index contributed by atoms with van der Waals surface area (Å²) in [6.45, 7) is 0.930. The van der Waals surface area contributed by atoms with Crippen LogP contribution in [0.2, 0.25) is 0 Å². The maximum Gasteiger partial charge on any atom is 0.243 e. The van der Waals surface area contributed by atoms with Crippen LogP contribution in [0.25, 0.3) is 0 Å². The third-order valence-corrected chi connectivity index (χ3v) is 5.29. The van der Waals surface area contributed by atoms with Crippen LogP contribution in [0.4, 0.5) is 0 Å². The van der Waals surface area contributed by atoms with Gasteiger partial charge in [-0.1, -0.05) is 0 Å². The number of sulfonamides is 1. The first kappa shape index (κ1) is 18.2. The van der Waals surface area contributed by atoms with Crippen LogP contribution in [0.5, 0.6) is 5.75 Å². The molecule has 0 bridgehead atoms. The van der Waals surface area contributed by atoms with Crippen LogP contribution in [0.3, 0.4) is 0 Å². The fourth-order valence-corrected chi connectivity index (χ4v) is 3.59. The maximum absolute atomic E-state index is 12.6. The summed E-state index contributed by atoms with van der Waals surface area (Å²) in [7, 11) is 1.18. The fraction of sp³-hybridized carbons (Fsp3) is 0.571. The normalized spacial score (nSPS) is 11.9. The average molecular weight is 336 g/mol. The zero-order valence-electron chi connectivity index (χ0n) is 12.6. The van der Waals surface area contributed by atoms with E-state index >= 15 is 0 Å². The molecule has 0 aliphatic heterocycles. The van der Waals surface area contributed by atoms with Crippen LogP contribution >= 0.6 is 11.6 Å². The average Bonchev–Trinajstić information content (AvgIpc) is 2.47. The van der Waals surface area contributed by atoms with Crippen molar-refractivity contribution in [1.82, 2.24) is 4.31 Å². The second kappa shape index (κ2) is 8.58. The number of aryl methyl sites for hydroxylation is 1. The van der Waals surface area contributed by atoms with Gasteiger partial charge >= 0.3 is 0 Å². The summed E-state index contributed by atoms with van der Waals surface area (Å²) in [6.07, 6.45) is 1.12. The molecular weight excluding hydrogens is 314 g/mol. The van der Waals surface area contributed by atoms with E-state index in [0.717, 1.165) is 0 Å². The zero-order valence-corrected chi connectivity index (χ0v) is 14.2. The molecule has 0 atom stereocenters. The van der Waals surface area contributed by atoms with Crippen LogP contribution < -0.4 is 4.74 Å². The van der Waals surface area contributed by atoms with E-state index in [1.807, 2.05) is 0 Å². The number of alkyl halides is 1. The molecule has 5 nitrogen and oxygen atoms in total. The first-order valence-electron chi connectivity index (χ1n) is 6.65. The van der Waals surface area contributed by atoms with Crippen LogP contribution in [0.1, 0.15) is 12.0 Å². The van der Waals surface area contributed by atoms with Gasteiger partial charge in [-0.3, -0.25) is 0 Å². The van der Waals surface area contributed by atoms with Gasteiger partial charge in [0, 0.05) is 33.2 Å². The molecule has 1 aromatic carbocycles. The van der Waals surface area contributed by atoms with Crippen molar-refractivity contribution in [2.45, 2.75) is 17.7 Å². The standard InChI is InChI=1S/C14H22ClNO4S/c1-16(9-4-10-19-2)21(17,18)14-6-5-13(20-3)11-12(14)7-8-15/h5-6,11H,4,7-10H2,1-3H3. The van der Waals surface area contributed by atoms with Crippen molar-refractivity contribution < 1.29 is 17.9 Å². The molecule has 21 heavy (non-hydrogen) atoms. The minimum Gasteiger partial charge on any atom is -0.497 e. The predicted octanol–water partition coefficient (Wildman–Crippen LogP) is 2.13. The molecule has 0 amide bonds. The summed E-state index contributed by atoms with van der Waals surface area (Å²) in [5, 5.41) is 0. The predicted molar refractivity (Wildman–Crippen MR) is 83.7 cm³/mol. The topological polar surface area (TPSA) is 55.8 Å². The van der Waals surface area contributed by atoms with Crippen LogP contribution in [-0.2, 0) is 21.2 Å². The Morgan fingerprint density at radius 1 is 1.29 bits per heavy atom. The number of halogens is 1. The Morgan fingerprint density at radius 2 is 2.00 bits per heavy atom. The molecule has 0 spiro atoms. The van der Waals surface area contributed by atoms with Crippen LogP contribution in [0.15, 0.2) is 23.1 Å². The second-order valence-corrected chi connectivity index (χ2v) is 6.98. The van der Waals surface area contributed by atoms with E-state index in [-0.39, 0.29) is 4.90 Å². The Labute approximate surface area is 131 Å². The molecule has 0 aliphatic rings. The van der Waals surface area contributed by atoms with Crippen molar-refractivity contribution in [3.05, 3.63) is 23.8 Å². The smallest absolute Gasteiger partial charge is 0.243 e. The number of rotatable bonds is 9. The highest BCUT2D eigenvalue weighted by molar-refractivity contribution is 7.89. The molecule has 1 rings (SSSR count). The Balaban J connectivity index is 3.06. The highest BCUT2D eigenvalue weighted by Gasteiger charge is 2.23. The number of hydrogen-bond donors (Lipinski definition) is 0. The lowest BCUT2D eigenvalue weighted by Crippen LogP contribution is -2.29. The molecule has 0 N–H and O–H groups in total. The Kier molecular flexibility index (Phi) is 7.45. The number of methoxy groups -OCH3 is 2. The number of hydrogen-bond acceptors (Lipinski definition) is 4. The number of nitrogens with zero attached hydrogens (tertiary/aromatic N) is 1. The van der Waals surface area contributed by atoms with Gasteiger partial charge in [0.1, 0.15) is 5.75 Å². The molecule has 0 fully saturated rings. The van der Waals surface area contributed by atoms with Gasteiger partial charge in [0.15, 0.2) is 0 Å². The van der Waals surface area contributed by atoms with Crippen molar-refractivity contribution in [2.24, 2.45) is 0 Å². The maximum atomic E-state index is 12.6. The summed E-state index contributed by atoms with van der Waals surface area (Å²) in [6, 6.07) is 4.94. The lowest BCUT2D eigenvalue weighted by molar-refractivity contribution is 0.189. The molecular formula is C14H22ClNO4S. The first-order chi connectivity index (χ1) is 9.97. The molecule has 7 heteroatoms. The van der Waals surface area contributed by atoms with Crippen molar-refractivity contribution in [1.29, 1.82) is 0 Å². The largest absolute Gasteiger partial charge is 0.497 e. The highest BCUT2D eigenvalue weighted by atomic mass is 35.5. The summed E-state index contributed by atoms with van der Waals surface area (Å²) in [5.41, 5.74) is 0.669. The number of benzene rings is 1. The van der Waals surface area contributed by atoms with E-state index in [1.54, 1.807) is 39.5 Å². The molecule has 0 aromatic heterocycles. The van der Waals surface area contributed by atoms with Crippen LogP contribution in [-0.4, -0.2) is 53.0 Å². The lowest BCUT2D eigenvalue weighted by Gasteiger charge is -2.19. The summed E-state index contributed by atoms with van der Waals surface area (Å²) in [5.74, 6) is 0.972.